The summed E-state index contributed by atoms with van der Waals surface area (Å²) >= 11 is 7.28. The predicted molar refractivity (Wildman–Crippen MR) is 85.3 cm³/mol. The average Bonchev–Trinajstić information content (AvgIpc) is 2.55. The van der Waals surface area contributed by atoms with Crippen LogP contribution in [0.1, 0.15) is 10.4 Å². The molecule has 0 amide bonds. The van der Waals surface area contributed by atoms with E-state index < -0.39 is 0 Å². The molecule has 114 valence electrons. The molecule has 0 spiro atoms. The van der Waals surface area contributed by atoms with Gasteiger partial charge in [0.05, 0.1) is 12.1 Å². The van der Waals surface area contributed by atoms with Crippen molar-refractivity contribution in [2.75, 3.05) is 13.4 Å². The van der Waals surface area contributed by atoms with E-state index in [1.165, 1.54) is 24.9 Å². The molecule has 0 aliphatic carbocycles. The third-order valence-corrected chi connectivity index (χ3v) is 3.42. The van der Waals surface area contributed by atoms with Gasteiger partial charge >= 0.3 is 0 Å². The van der Waals surface area contributed by atoms with Gasteiger partial charge in [-0.05, 0) is 24.5 Å². The van der Waals surface area contributed by atoms with Crippen molar-refractivity contribution in [2.24, 2.45) is 5.16 Å². The van der Waals surface area contributed by atoms with Crippen molar-refractivity contribution in [3.63, 3.8) is 0 Å². The summed E-state index contributed by atoms with van der Waals surface area (Å²) in [6.45, 7) is 0. The van der Waals surface area contributed by atoms with Crippen molar-refractivity contribution in [2.45, 2.75) is 5.16 Å². The number of carbonyl (C=O) groups is 1. The Morgan fingerprint density at radius 1 is 1.41 bits per heavy atom. The van der Waals surface area contributed by atoms with Crippen LogP contribution in [-0.4, -0.2) is 35.3 Å². The lowest BCUT2D eigenvalue weighted by Gasteiger charge is -2.03. The lowest BCUT2D eigenvalue weighted by Crippen LogP contribution is -2.02. The lowest BCUT2D eigenvalue weighted by molar-refractivity contribution is 0.106. The van der Waals surface area contributed by atoms with E-state index in [-0.39, 0.29) is 11.7 Å². The molecule has 0 saturated heterocycles. The van der Waals surface area contributed by atoms with E-state index in [1.54, 1.807) is 24.4 Å². The minimum Gasteiger partial charge on any atom is -0.495 e. The monoisotopic (exact) mass is 337 g/mol. The molecule has 0 aliphatic heterocycles. The van der Waals surface area contributed by atoms with Crippen molar-refractivity contribution in [1.29, 1.82) is 0 Å². The Morgan fingerprint density at radius 2 is 2.23 bits per heavy atom. The first kappa shape index (κ1) is 16.3. The molecule has 0 radical (unpaired) electrons. The van der Waals surface area contributed by atoms with E-state index in [0.717, 1.165) is 6.21 Å². The van der Waals surface area contributed by atoms with Crippen LogP contribution in [0.2, 0.25) is 5.02 Å². The number of oxime groups is 1. The van der Waals surface area contributed by atoms with Crippen LogP contribution in [-0.2, 0) is 0 Å². The molecule has 0 aliphatic rings. The van der Waals surface area contributed by atoms with Crippen LogP contribution in [0, 0.1) is 0 Å². The van der Waals surface area contributed by atoms with Crippen LogP contribution in [0.4, 0.5) is 0 Å². The van der Waals surface area contributed by atoms with E-state index in [0.29, 0.717) is 21.5 Å². The standard InChI is InChI=1S/C14H12ClN3O3S/c1-20-12-7-9(3-4-10(12)15)11(19)8-17-21-13-5-6-16-14(18-13)22-2/h3-8H,1-2H3/b17-8+. The Hall–Kier alpha value is -2.12. The average molecular weight is 338 g/mol. The smallest absolute Gasteiger partial charge is 0.252 e. The highest BCUT2D eigenvalue weighted by Gasteiger charge is 2.08. The Balaban J connectivity index is 2.05. The van der Waals surface area contributed by atoms with Crippen LogP contribution in [0.25, 0.3) is 0 Å². The van der Waals surface area contributed by atoms with E-state index >= 15 is 0 Å². The van der Waals surface area contributed by atoms with Crippen LogP contribution in [0.15, 0.2) is 40.8 Å². The fourth-order valence-corrected chi connectivity index (χ4v) is 2.03. The van der Waals surface area contributed by atoms with E-state index in [9.17, 15) is 4.79 Å². The Bertz CT molecular complexity index is 709. The number of ketones is 1. The maximum absolute atomic E-state index is 12.0. The fourth-order valence-electron chi connectivity index (χ4n) is 1.49. The molecular formula is C14H12ClN3O3S. The minimum absolute atomic E-state index is 0.261. The highest BCUT2D eigenvalue weighted by molar-refractivity contribution is 7.98. The molecule has 1 aromatic carbocycles. The molecule has 0 unspecified atom stereocenters. The maximum atomic E-state index is 12.0. The summed E-state index contributed by atoms with van der Waals surface area (Å²) in [6.07, 6.45) is 4.46. The first-order chi connectivity index (χ1) is 10.6. The summed E-state index contributed by atoms with van der Waals surface area (Å²) in [5, 5.41) is 4.61. The third-order valence-electron chi connectivity index (χ3n) is 2.54. The van der Waals surface area contributed by atoms with Gasteiger partial charge in [0.25, 0.3) is 5.88 Å². The highest BCUT2D eigenvalue weighted by atomic mass is 35.5. The van der Waals surface area contributed by atoms with E-state index in [1.807, 2.05) is 6.26 Å². The number of rotatable bonds is 6. The molecule has 22 heavy (non-hydrogen) atoms. The van der Waals surface area contributed by atoms with Gasteiger partial charge < -0.3 is 9.57 Å². The first-order valence-corrected chi connectivity index (χ1v) is 7.69. The van der Waals surface area contributed by atoms with Gasteiger partial charge in [-0.25, -0.2) is 4.98 Å². The van der Waals surface area contributed by atoms with Gasteiger partial charge in [0.15, 0.2) is 5.16 Å². The quantitative estimate of drug-likeness (QED) is 0.265. The molecule has 1 heterocycles. The molecule has 6 nitrogen and oxygen atoms in total. The summed E-state index contributed by atoms with van der Waals surface area (Å²) in [5.74, 6) is 0.341. The molecule has 2 aromatic rings. The van der Waals surface area contributed by atoms with Gasteiger partial charge in [-0.3, -0.25) is 4.79 Å². The summed E-state index contributed by atoms with van der Waals surface area (Å²) in [5.41, 5.74) is 0.390. The molecule has 1 aromatic heterocycles. The van der Waals surface area contributed by atoms with Gasteiger partial charge in [-0.1, -0.05) is 28.5 Å². The van der Waals surface area contributed by atoms with Crippen molar-refractivity contribution in [3.05, 3.63) is 41.0 Å². The number of aromatic nitrogens is 2. The number of benzene rings is 1. The second-order valence-electron chi connectivity index (χ2n) is 3.92. The van der Waals surface area contributed by atoms with Crippen molar-refractivity contribution >= 4 is 35.4 Å². The zero-order valence-electron chi connectivity index (χ0n) is 11.8. The zero-order chi connectivity index (χ0) is 15.9. The number of carbonyl (C=O) groups excluding carboxylic acids is 1. The first-order valence-electron chi connectivity index (χ1n) is 6.09. The maximum Gasteiger partial charge on any atom is 0.252 e. The summed E-state index contributed by atoms with van der Waals surface area (Å²) < 4.78 is 5.06. The lowest BCUT2D eigenvalue weighted by atomic mass is 10.1. The van der Waals surface area contributed by atoms with Gasteiger partial charge in [0.1, 0.15) is 12.0 Å². The number of methoxy groups -OCH3 is 1. The Labute approximate surface area is 136 Å². The van der Waals surface area contributed by atoms with Gasteiger partial charge in [0, 0.05) is 17.8 Å². The number of halogens is 1. The van der Waals surface area contributed by atoms with Crippen molar-refractivity contribution in [1.82, 2.24) is 9.97 Å². The number of hydrogen-bond acceptors (Lipinski definition) is 7. The summed E-state index contributed by atoms with van der Waals surface area (Å²) in [4.78, 5) is 25.1. The predicted octanol–water partition coefficient (Wildman–Crippen LogP) is 3.11. The van der Waals surface area contributed by atoms with Gasteiger partial charge in [-0.2, -0.15) is 4.98 Å². The molecule has 0 saturated carbocycles. The summed E-state index contributed by atoms with van der Waals surface area (Å²) in [6, 6.07) is 6.24. The number of thioether (sulfide) groups is 1. The van der Waals surface area contributed by atoms with E-state index in [4.69, 9.17) is 21.2 Å². The van der Waals surface area contributed by atoms with Gasteiger partial charge in [-0.15, -0.1) is 0 Å². The zero-order valence-corrected chi connectivity index (χ0v) is 13.4. The molecule has 0 atom stereocenters. The fraction of sp³-hybridized carbons (Fsp3) is 0.143. The highest BCUT2D eigenvalue weighted by Crippen LogP contribution is 2.25. The third kappa shape index (κ3) is 4.19. The number of ether oxygens (including phenoxy) is 1. The molecule has 2 rings (SSSR count). The number of nitrogens with zero attached hydrogens (tertiary/aromatic N) is 3. The number of Topliss-reactive ketones (excluding diaryl/α,β-unsaturated/α-hetero) is 1. The molecule has 0 N–H and O–H groups in total. The number of hydrogen-bond donors (Lipinski definition) is 0. The van der Waals surface area contributed by atoms with Crippen LogP contribution in [0.3, 0.4) is 0 Å². The van der Waals surface area contributed by atoms with E-state index in [2.05, 4.69) is 15.1 Å². The molecular weight excluding hydrogens is 326 g/mol. The van der Waals surface area contributed by atoms with Crippen LogP contribution in [0.5, 0.6) is 11.6 Å². The molecule has 0 fully saturated rings. The second-order valence-corrected chi connectivity index (χ2v) is 5.10. The van der Waals surface area contributed by atoms with Crippen LogP contribution < -0.4 is 9.57 Å². The normalized spacial score (nSPS) is 10.7. The van der Waals surface area contributed by atoms with Crippen molar-refractivity contribution < 1.29 is 14.4 Å². The largest absolute Gasteiger partial charge is 0.495 e. The molecule has 0 bridgehead atoms. The topological polar surface area (TPSA) is 73.7 Å². The Kier molecular flexibility index (Phi) is 5.74. The second kappa shape index (κ2) is 7.77. The summed E-state index contributed by atoms with van der Waals surface area (Å²) in [7, 11) is 1.48. The van der Waals surface area contributed by atoms with Crippen LogP contribution >= 0.6 is 23.4 Å². The van der Waals surface area contributed by atoms with Gasteiger partial charge in [0.2, 0.25) is 5.78 Å². The minimum atomic E-state index is -0.339. The van der Waals surface area contributed by atoms with Crippen molar-refractivity contribution in [3.8, 4) is 11.6 Å². The molecule has 8 heteroatoms. The Morgan fingerprint density at radius 3 is 2.95 bits per heavy atom. The SMILES string of the molecule is COc1cc(C(=O)/C=N/Oc2ccnc(SC)n2)ccc1Cl.